The Morgan fingerprint density at radius 1 is 1.44 bits per heavy atom. The van der Waals surface area contributed by atoms with Crippen LogP contribution < -0.4 is 16.4 Å². The summed E-state index contributed by atoms with van der Waals surface area (Å²) in [5.41, 5.74) is 11.9. The van der Waals surface area contributed by atoms with Gasteiger partial charge in [-0.15, -0.1) is 23.1 Å². The molecule has 18 heavy (non-hydrogen) atoms. The van der Waals surface area contributed by atoms with E-state index in [1.807, 2.05) is 6.26 Å². The quantitative estimate of drug-likeness (QED) is 0.821. The van der Waals surface area contributed by atoms with Crippen LogP contribution in [-0.4, -0.2) is 38.5 Å². The maximum atomic E-state index is 11.4. The van der Waals surface area contributed by atoms with Crippen molar-refractivity contribution in [1.29, 1.82) is 0 Å². The lowest BCUT2D eigenvalue weighted by Crippen LogP contribution is -2.25. The van der Waals surface area contributed by atoms with E-state index in [1.54, 1.807) is 11.8 Å². The molecule has 1 aromatic heterocycles. The molecule has 0 radical (unpaired) electrons. The van der Waals surface area contributed by atoms with Gasteiger partial charge in [0.25, 0.3) is 5.91 Å². The second-order valence-electron chi connectivity index (χ2n) is 4.00. The van der Waals surface area contributed by atoms with Crippen molar-refractivity contribution in [3.05, 3.63) is 4.88 Å². The second kappa shape index (κ2) is 5.81. The average molecular weight is 287 g/mol. The number of hydrogen-bond acceptors (Lipinski definition) is 6. The average Bonchev–Trinajstić information content (AvgIpc) is 2.54. The van der Waals surface area contributed by atoms with Crippen LogP contribution in [0, 0.1) is 0 Å². The zero-order valence-electron chi connectivity index (χ0n) is 10.3. The summed E-state index contributed by atoms with van der Waals surface area (Å²) < 4.78 is 5.44. The first-order chi connectivity index (χ1) is 8.65. The first kappa shape index (κ1) is 13.5. The van der Waals surface area contributed by atoms with Gasteiger partial charge in [-0.2, -0.15) is 0 Å². The molecular formula is C11H17N3O2S2. The van der Waals surface area contributed by atoms with Gasteiger partial charge < -0.3 is 21.1 Å². The van der Waals surface area contributed by atoms with Crippen LogP contribution in [-0.2, 0) is 4.74 Å². The highest BCUT2D eigenvalue weighted by Crippen LogP contribution is 2.43. The fourth-order valence-electron chi connectivity index (χ4n) is 1.95. The van der Waals surface area contributed by atoms with Crippen LogP contribution in [0.1, 0.15) is 16.1 Å². The molecule has 1 aromatic rings. The molecule has 1 aliphatic rings. The van der Waals surface area contributed by atoms with Gasteiger partial charge in [0, 0.05) is 19.7 Å². The number of carbonyl (C=O) groups is 1. The molecule has 0 atom stereocenters. The van der Waals surface area contributed by atoms with Gasteiger partial charge in [0.2, 0.25) is 0 Å². The number of thiophene rings is 1. The number of hydrogen-bond donors (Lipinski definition) is 2. The molecule has 4 N–H and O–H groups in total. The molecule has 2 rings (SSSR count). The highest BCUT2D eigenvalue weighted by Gasteiger charge is 2.23. The number of nitrogen functional groups attached to an aromatic ring is 1. The molecule has 1 aliphatic heterocycles. The van der Waals surface area contributed by atoms with Gasteiger partial charge in [-0.25, -0.2) is 0 Å². The summed E-state index contributed by atoms with van der Waals surface area (Å²) in [5.74, 6) is -0.454. The van der Waals surface area contributed by atoms with E-state index in [2.05, 4.69) is 4.90 Å². The molecule has 0 spiro atoms. The number of anilines is 2. The zero-order valence-corrected chi connectivity index (χ0v) is 11.9. The molecule has 0 unspecified atom stereocenters. The van der Waals surface area contributed by atoms with Crippen LogP contribution in [0.15, 0.2) is 4.90 Å². The summed E-state index contributed by atoms with van der Waals surface area (Å²) in [6.45, 7) is 3.24. The predicted octanol–water partition coefficient (Wildman–Crippen LogP) is 1.38. The molecule has 5 nitrogen and oxygen atoms in total. The van der Waals surface area contributed by atoms with E-state index in [0.717, 1.165) is 36.0 Å². The molecular weight excluding hydrogens is 270 g/mol. The molecule has 1 saturated heterocycles. The molecule has 0 aliphatic carbocycles. The van der Waals surface area contributed by atoms with Gasteiger partial charge in [-0.1, -0.05) is 0 Å². The summed E-state index contributed by atoms with van der Waals surface area (Å²) in [6, 6.07) is 0. The van der Waals surface area contributed by atoms with E-state index in [9.17, 15) is 4.79 Å². The van der Waals surface area contributed by atoms with Crippen LogP contribution in [0.2, 0.25) is 0 Å². The molecule has 1 fully saturated rings. The number of ether oxygens (including phenoxy) is 1. The Kier molecular flexibility index (Phi) is 4.36. The third kappa shape index (κ3) is 2.57. The van der Waals surface area contributed by atoms with Crippen LogP contribution in [0.25, 0.3) is 0 Å². The van der Waals surface area contributed by atoms with Crippen molar-refractivity contribution in [2.75, 3.05) is 43.2 Å². The summed E-state index contributed by atoms with van der Waals surface area (Å²) in [4.78, 5) is 15.0. The summed E-state index contributed by atoms with van der Waals surface area (Å²) in [7, 11) is 0. The minimum Gasteiger partial charge on any atom is -0.396 e. The van der Waals surface area contributed by atoms with Gasteiger partial charge in [0.1, 0.15) is 9.88 Å². The summed E-state index contributed by atoms with van der Waals surface area (Å²) in [5, 5.41) is 1.04. The Morgan fingerprint density at radius 3 is 2.89 bits per heavy atom. The van der Waals surface area contributed by atoms with Crippen LogP contribution in [0.3, 0.4) is 0 Å². The molecule has 7 heteroatoms. The lowest BCUT2D eigenvalue weighted by atomic mass is 10.3. The first-order valence-electron chi connectivity index (χ1n) is 5.74. The van der Waals surface area contributed by atoms with Gasteiger partial charge in [-0.3, -0.25) is 4.79 Å². The zero-order chi connectivity index (χ0) is 13.1. The van der Waals surface area contributed by atoms with Crippen molar-refractivity contribution in [1.82, 2.24) is 0 Å². The molecule has 0 aromatic carbocycles. The smallest absolute Gasteiger partial charge is 0.261 e. The van der Waals surface area contributed by atoms with Crippen molar-refractivity contribution in [3.63, 3.8) is 0 Å². The number of amides is 1. The predicted molar refractivity (Wildman–Crippen MR) is 76.7 cm³/mol. The molecule has 100 valence electrons. The highest BCUT2D eigenvalue weighted by molar-refractivity contribution is 7.99. The van der Waals surface area contributed by atoms with Crippen molar-refractivity contribution >= 4 is 39.7 Å². The largest absolute Gasteiger partial charge is 0.396 e. The molecule has 2 heterocycles. The summed E-state index contributed by atoms with van der Waals surface area (Å²) >= 11 is 2.94. The van der Waals surface area contributed by atoms with Gasteiger partial charge in [-0.05, 0) is 12.7 Å². The normalized spacial score (nSPS) is 16.6. The van der Waals surface area contributed by atoms with Crippen molar-refractivity contribution in [2.45, 2.75) is 11.3 Å². The minimum atomic E-state index is -0.454. The topological polar surface area (TPSA) is 81.6 Å². The highest BCUT2D eigenvalue weighted by atomic mass is 32.2. The van der Waals surface area contributed by atoms with E-state index >= 15 is 0 Å². The maximum absolute atomic E-state index is 11.4. The second-order valence-corrected chi connectivity index (χ2v) is 5.82. The third-order valence-corrected chi connectivity index (χ3v) is 5.05. The van der Waals surface area contributed by atoms with Crippen LogP contribution >= 0.6 is 23.1 Å². The van der Waals surface area contributed by atoms with Crippen LogP contribution in [0.4, 0.5) is 10.7 Å². The maximum Gasteiger partial charge on any atom is 0.261 e. The Bertz CT molecular complexity index is 440. The lowest BCUT2D eigenvalue weighted by molar-refractivity contribution is 0.100. The number of nitrogens with two attached hydrogens (primary N) is 2. The SMILES string of the molecule is CSc1c(N2CCCOCC2)sc(C(N)=O)c1N. The molecule has 0 saturated carbocycles. The Labute approximate surface area is 114 Å². The number of carbonyl (C=O) groups excluding carboxylic acids is 1. The Morgan fingerprint density at radius 2 is 2.22 bits per heavy atom. The van der Waals surface area contributed by atoms with Crippen molar-refractivity contribution in [3.8, 4) is 0 Å². The van der Waals surface area contributed by atoms with E-state index in [0.29, 0.717) is 17.2 Å². The first-order valence-corrected chi connectivity index (χ1v) is 7.78. The van der Waals surface area contributed by atoms with Gasteiger partial charge >= 0.3 is 0 Å². The number of thioether (sulfide) groups is 1. The number of primary amides is 1. The Hall–Kier alpha value is -0.920. The van der Waals surface area contributed by atoms with Gasteiger partial charge in [0.15, 0.2) is 0 Å². The lowest BCUT2D eigenvalue weighted by Gasteiger charge is -2.21. The van der Waals surface area contributed by atoms with E-state index in [1.165, 1.54) is 11.3 Å². The minimum absolute atomic E-state index is 0.454. The fraction of sp³-hybridized carbons (Fsp3) is 0.545. The molecule has 0 bridgehead atoms. The van der Waals surface area contributed by atoms with E-state index in [4.69, 9.17) is 16.2 Å². The number of nitrogens with zero attached hydrogens (tertiary/aromatic N) is 1. The summed E-state index contributed by atoms with van der Waals surface area (Å²) in [6.07, 6.45) is 2.94. The van der Waals surface area contributed by atoms with Gasteiger partial charge in [0.05, 0.1) is 17.2 Å². The molecule has 1 amide bonds. The number of rotatable bonds is 3. The third-order valence-electron chi connectivity index (χ3n) is 2.82. The van der Waals surface area contributed by atoms with E-state index < -0.39 is 5.91 Å². The van der Waals surface area contributed by atoms with Crippen molar-refractivity contribution < 1.29 is 9.53 Å². The standard InChI is InChI=1S/C11H17N3O2S2/c1-17-9-7(12)8(10(13)15)18-11(9)14-3-2-5-16-6-4-14/h2-6,12H2,1H3,(H2,13,15). The fourth-order valence-corrected chi connectivity index (χ4v) is 4.04. The van der Waals surface area contributed by atoms with Crippen molar-refractivity contribution in [2.24, 2.45) is 5.73 Å². The Balaban J connectivity index is 2.36. The monoisotopic (exact) mass is 287 g/mol. The van der Waals surface area contributed by atoms with Crippen LogP contribution in [0.5, 0.6) is 0 Å². The van der Waals surface area contributed by atoms with E-state index in [-0.39, 0.29) is 0 Å².